The summed E-state index contributed by atoms with van der Waals surface area (Å²) < 4.78 is 5.27. The number of para-hydroxylation sites is 1. The molecule has 0 aromatic heterocycles. The van der Waals surface area contributed by atoms with E-state index < -0.39 is 0 Å². The van der Waals surface area contributed by atoms with Gasteiger partial charge in [-0.15, -0.1) is 0 Å². The first-order chi connectivity index (χ1) is 14.4. The van der Waals surface area contributed by atoms with E-state index in [1.54, 1.807) is 37.3 Å². The Kier molecular flexibility index (Phi) is 7.34. The van der Waals surface area contributed by atoms with Gasteiger partial charge < -0.3 is 20.7 Å². The first kappa shape index (κ1) is 22.1. The lowest BCUT2D eigenvalue weighted by Gasteiger charge is -2.35. The lowest BCUT2D eigenvalue weighted by Crippen LogP contribution is -2.42. The minimum Gasteiger partial charge on any atom is -0.496 e. The van der Waals surface area contributed by atoms with Gasteiger partial charge in [0.2, 0.25) is 5.91 Å². The first-order valence-corrected chi connectivity index (χ1v) is 10.5. The van der Waals surface area contributed by atoms with Gasteiger partial charge in [-0.05, 0) is 61.6 Å². The maximum Gasteiger partial charge on any atom is 0.259 e. The summed E-state index contributed by atoms with van der Waals surface area (Å²) in [4.78, 5) is 26.9. The lowest BCUT2D eigenvalue weighted by atomic mass is 9.90. The van der Waals surface area contributed by atoms with Gasteiger partial charge in [-0.1, -0.05) is 23.7 Å². The minimum atomic E-state index is -0.273. The Morgan fingerprint density at radius 3 is 2.53 bits per heavy atom. The average Bonchev–Trinajstić information content (AvgIpc) is 2.74. The standard InChI is InChI=1S/C23H28ClN3O3/c1-15(28)27(19-10-7-17(25)8-11-19)14-16-13-18(9-12-21(16)24)26-23(29)20-5-3-4-6-22(20)30-2/h3-6,9,12-13,17,19H,7-8,10-11,14,25H2,1-2H3,(H,26,29). The molecule has 0 saturated heterocycles. The summed E-state index contributed by atoms with van der Waals surface area (Å²) in [5.41, 5.74) is 7.86. The second-order valence-corrected chi connectivity index (χ2v) is 8.08. The van der Waals surface area contributed by atoms with Crippen molar-refractivity contribution < 1.29 is 14.3 Å². The topological polar surface area (TPSA) is 84.7 Å². The van der Waals surface area contributed by atoms with E-state index in [0.717, 1.165) is 31.2 Å². The SMILES string of the molecule is COc1ccccc1C(=O)Nc1ccc(Cl)c(CN(C(C)=O)C2CCC(N)CC2)c1. The van der Waals surface area contributed by atoms with E-state index in [0.29, 0.717) is 28.6 Å². The van der Waals surface area contributed by atoms with Crippen molar-refractivity contribution in [2.24, 2.45) is 5.73 Å². The van der Waals surface area contributed by atoms with Crippen molar-refractivity contribution in [3.8, 4) is 5.75 Å². The number of ether oxygens (including phenoxy) is 1. The third-order valence-corrected chi connectivity index (χ3v) is 5.95. The number of nitrogens with two attached hydrogens (primary N) is 1. The zero-order valence-electron chi connectivity index (χ0n) is 17.4. The molecule has 1 saturated carbocycles. The van der Waals surface area contributed by atoms with Crippen LogP contribution in [-0.2, 0) is 11.3 Å². The van der Waals surface area contributed by atoms with Crippen LogP contribution in [0.4, 0.5) is 5.69 Å². The Morgan fingerprint density at radius 2 is 1.87 bits per heavy atom. The van der Waals surface area contributed by atoms with Crippen LogP contribution in [0.2, 0.25) is 5.02 Å². The summed E-state index contributed by atoms with van der Waals surface area (Å²) in [6.07, 6.45) is 3.61. The monoisotopic (exact) mass is 429 g/mol. The number of nitrogens with zero attached hydrogens (tertiary/aromatic N) is 1. The van der Waals surface area contributed by atoms with Crippen LogP contribution in [-0.4, -0.2) is 35.9 Å². The van der Waals surface area contributed by atoms with E-state index >= 15 is 0 Å². The number of halogens is 1. The molecule has 1 aliphatic rings. The van der Waals surface area contributed by atoms with Crippen molar-refractivity contribution in [3.63, 3.8) is 0 Å². The van der Waals surface area contributed by atoms with E-state index in [1.807, 2.05) is 17.0 Å². The zero-order valence-corrected chi connectivity index (χ0v) is 18.1. The van der Waals surface area contributed by atoms with E-state index in [1.165, 1.54) is 7.11 Å². The predicted octanol–water partition coefficient (Wildman–Crippen LogP) is 4.22. The maximum absolute atomic E-state index is 12.7. The number of hydrogen-bond donors (Lipinski definition) is 2. The highest BCUT2D eigenvalue weighted by Gasteiger charge is 2.26. The Hall–Kier alpha value is -2.57. The molecule has 3 rings (SSSR count). The molecule has 1 aliphatic carbocycles. The number of benzene rings is 2. The number of rotatable bonds is 6. The van der Waals surface area contributed by atoms with Crippen molar-refractivity contribution in [2.75, 3.05) is 12.4 Å². The molecule has 0 spiro atoms. The molecule has 2 amide bonds. The minimum absolute atomic E-state index is 0.00926. The molecule has 7 heteroatoms. The van der Waals surface area contributed by atoms with Crippen molar-refractivity contribution in [1.82, 2.24) is 4.90 Å². The van der Waals surface area contributed by atoms with Gasteiger partial charge in [0, 0.05) is 36.3 Å². The summed E-state index contributed by atoms with van der Waals surface area (Å²) in [5.74, 6) is 0.239. The molecule has 0 atom stereocenters. The Morgan fingerprint density at radius 1 is 1.17 bits per heavy atom. The molecule has 30 heavy (non-hydrogen) atoms. The average molecular weight is 430 g/mol. The third-order valence-electron chi connectivity index (χ3n) is 5.58. The van der Waals surface area contributed by atoms with E-state index in [2.05, 4.69) is 5.32 Å². The molecule has 0 heterocycles. The summed E-state index contributed by atoms with van der Waals surface area (Å²) >= 11 is 6.42. The summed E-state index contributed by atoms with van der Waals surface area (Å²) in [7, 11) is 1.53. The molecule has 0 radical (unpaired) electrons. The molecule has 2 aromatic carbocycles. The second kappa shape index (κ2) is 9.96. The molecule has 2 aromatic rings. The number of carbonyl (C=O) groups excluding carboxylic acids is 2. The fourth-order valence-corrected chi connectivity index (χ4v) is 4.08. The normalized spacial score (nSPS) is 18.5. The van der Waals surface area contributed by atoms with Crippen LogP contribution in [0.15, 0.2) is 42.5 Å². The summed E-state index contributed by atoms with van der Waals surface area (Å²) in [5, 5.41) is 3.45. The lowest BCUT2D eigenvalue weighted by molar-refractivity contribution is -0.132. The molecule has 1 fully saturated rings. The van der Waals surface area contributed by atoms with Gasteiger partial charge in [-0.3, -0.25) is 9.59 Å². The molecule has 0 unspecified atom stereocenters. The van der Waals surface area contributed by atoms with E-state index in [9.17, 15) is 9.59 Å². The zero-order chi connectivity index (χ0) is 21.7. The predicted molar refractivity (Wildman–Crippen MR) is 119 cm³/mol. The fraction of sp³-hybridized carbons (Fsp3) is 0.391. The first-order valence-electron chi connectivity index (χ1n) is 10.1. The Bertz CT molecular complexity index is 910. The van der Waals surface area contributed by atoms with Crippen molar-refractivity contribution >= 4 is 29.1 Å². The molecule has 6 nitrogen and oxygen atoms in total. The van der Waals surface area contributed by atoms with Gasteiger partial charge in [-0.25, -0.2) is 0 Å². The number of nitrogens with one attached hydrogen (secondary N) is 1. The highest BCUT2D eigenvalue weighted by atomic mass is 35.5. The molecular weight excluding hydrogens is 402 g/mol. The Labute approximate surface area is 182 Å². The number of anilines is 1. The van der Waals surface area contributed by atoms with E-state index in [4.69, 9.17) is 22.1 Å². The number of methoxy groups -OCH3 is 1. The van der Waals surface area contributed by atoms with Crippen molar-refractivity contribution in [1.29, 1.82) is 0 Å². The van der Waals surface area contributed by atoms with Gasteiger partial charge in [0.15, 0.2) is 0 Å². The van der Waals surface area contributed by atoms with Crippen LogP contribution in [0.1, 0.15) is 48.5 Å². The second-order valence-electron chi connectivity index (χ2n) is 7.68. The number of hydrogen-bond acceptors (Lipinski definition) is 4. The molecular formula is C23H28ClN3O3. The largest absolute Gasteiger partial charge is 0.496 e. The van der Waals surface area contributed by atoms with Crippen LogP contribution in [0.25, 0.3) is 0 Å². The number of amides is 2. The van der Waals surface area contributed by atoms with Gasteiger partial charge >= 0.3 is 0 Å². The highest BCUT2D eigenvalue weighted by Crippen LogP contribution is 2.28. The summed E-state index contributed by atoms with van der Waals surface area (Å²) in [6, 6.07) is 12.7. The van der Waals surface area contributed by atoms with Crippen molar-refractivity contribution in [2.45, 2.75) is 51.2 Å². The number of carbonyl (C=O) groups is 2. The van der Waals surface area contributed by atoms with Gasteiger partial charge in [0.1, 0.15) is 5.75 Å². The molecule has 160 valence electrons. The fourth-order valence-electron chi connectivity index (χ4n) is 3.90. The summed E-state index contributed by atoms with van der Waals surface area (Å²) in [6.45, 7) is 1.97. The smallest absolute Gasteiger partial charge is 0.259 e. The van der Waals surface area contributed by atoms with Gasteiger partial charge in [-0.2, -0.15) is 0 Å². The van der Waals surface area contributed by atoms with Crippen molar-refractivity contribution in [3.05, 3.63) is 58.6 Å². The van der Waals surface area contributed by atoms with Crippen LogP contribution >= 0.6 is 11.6 Å². The van der Waals surface area contributed by atoms with Crippen LogP contribution in [0.3, 0.4) is 0 Å². The van der Waals surface area contributed by atoms with Crippen LogP contribution < -0.4 is 15.8 Å². The third kappa shape index (κ3) is 5.32. The maximum atomic E-state index is 12.7. The Balaban J connectivity index is 1.77. The van der Waals surface area contributed by atoms with Gasteiger partial charge in [0.25, 0.3) is 5.91 Å². The quantitative estimate of drug-likeness (QED) is 0.720. The van der Waals surface area contributed by atoms with Crippen LogP contribution in [0.5, 0.6) is 5.75 Å². The molecule has 0 bridgehead atoms. The van der Waals surface area contributed by atoms with E-state index in [-0.39, 0.29) is 23.9 Å². The van der Waals surface area contributed by atoms with Gasteiger partial charge in [0.05, 0.1) is 12.7 Å². The molecule has 3 N–H and O–H groups in total. The molecule has 0 aliphatic heterocycles. The van der Waals surface area contributed by atoms with Crippen LogP contribution in [0, 0.1) is 0 Å². The highest BCUT2D eigenvalue weighted by molar-refractivity contribution is 6.31.